The highest BCUT2D eigenvalue weighted by Gasteiger charge is 2.11. The van der Waals surface area contributed by atoms with Gasteiger partial charge in [-0.05, 0) is 26.9 Å². The molecule has 0 aliphatic carbocycles. The predicted molar refractivity (Wildman–Crippen MR) is 45.8 cm³/mol. The Kier molecular flexibility index (Phi) is 4.61. The summed E-state index contributed by atoms with van der Waals surface area (Å²) in [6.45, 7) is 4.96. The molecule has 0 aromatic rings. The van der Waals surface area contributed by atoms with Gasteiger partial charge < -0.3 is 10.9 Å². The number of rotatable bonds is 4. The number of oxime groups is 1. The number of amidine groups is 1. The number of nitrogens with two attached hydrogens (primary N) is 1. The van der Waals surface area contributed by atoms with E-state index in [1.165, 1.54) is 0 Å². The molecule has 0 bridgehead atoms. The highest BCUT2D eigenvalue weighted by molar-refractivity contribution is 5.84. The summed E-state index contributed by atoms with van der Waals surface area (Å²) in [4.78, 5) is 2.04. The monoisotopic (exact) mass is 159 g/mol. The molecule has 1 unspecified atom stereocenters. The summed E-state index contributed by atoms with van der Waals surface area (Å²) in [5.41, 5.74) is 5.41. The number of likely N-dealkylation sites (N-methyl/N-ethyl adjacent to an activating group) is 1. The molecule has 3 N–H and O–H groups in total. The van der Waals surface area contributed by atoms with E-state index in [0.717, 1.165) is 13.0 Å². The molecular formula is C7H17N3O. The molecule has 0 aliphatic heterocycles. The normalized spacial score (nSPS) is 15.5. The number of hydrogen-bond acceptors (Lipinski definition) is 3. The summed E-state index contributed by atoms with van der Waals surface area (Å²) in [5, 5.41) is 11.3. The molecule has 0 aliphatic rings. The molecule has 0 heterocycles. The van der Waals surface area contributed by atoms with Crippen LogP contribution in [0, 0.1) is 0 Å². The van der Waals surface area contributed by atoms with Crippen LogP contribution in [0.4, 0.5) is 0 Å². The van der Waals surface area contributed by atoms with E-state index in [0.29, 0.717) is 0 Å². The lowest BCUT2D eigenvalue weighted by atomic mass is 10.2. The van der Waals surface area contributed by atoms with Gasteiger partial charge in [0, 0.05) is 0 Å². The van der Waals surface area contributed by atoms with Crippen LogP contribution in [0.25, 0.3) is 0 Å². The molecule has 0 aromatic heterocycles. The number of nitrogens with zero attached hydrogens (tertiary/aromatic N) is 2. The van der Waals surface area contributed by atoms with Gasteiger partial charge in [-0.1, -0.05) is 12.1 Å². The molecule has 0 aromatic carbocycles. The van der Waals surface area contributed by atoms with E-state index in [2.05, 4.69) is 12.1 Å². The van der Waals surface area contributed by atoms with Gasteiger partial charge >= 0.3 is 0 Å². The van der Waals surface area contributed by atoms with Crippen LogP contribution in [0.1, 0.15) is 20.3 Å². The first-order valence-corrected chi connectivity index (χ1v) is 3.81. The average molecular weight is 159 g/mol. The summed E-state index contributed by atoms with van der Waals surface area (Å²) >= 11 is 0. The van der Waals surface area contributed by atoms with Gasteiger partial charge in [0.1, 0.15) is 0 Å². The Hall–Kier alpha value is -0.770. The van der Waals surface area contributed by atoms with Crippen LogP contribution in [-0.2, 0) is 0 Å². The highest BCUT2D eigenvalue weighted by atomic mass is 16.4. The fourth-order valence-corrected chi connectivity index (χ4v) is 0.856. The van der Waals surface area contributed by atoms with Crippen molar-refractivity contribution in [1.29, 1.82) is 0 Å². The maximum atomic E-state index is 8.36. The zero-order valence-corrected chi connectivity index (χ0v) is 7.41. The van der Waals surface area contributed by atoms with Crippen LogP contribution in [0.5, 0.6) is 0 Å². The molecule has 0 spiro atoms. The fraction of sp³-hybridized carbons (Fsp3) is 0.857. The number of hydrogen-bond donors (Lipinski definition) is 2. The Morgan fingerprint density at radius 2 is 2.27 bits per heavy atom. The molecule has 4 heteroatoms. The molecule has 0 rings (SSSR count). The van der Waals surface area contributed by atoms with Crippen LogP contribution in [0.15, 0.2) is 5.16 Å². The van der Waals surface area contributed by atoms with E-state index in [1.54, 1.807) is 0 Å². The second-order valence-electron chi connectivity index (χ2n) is 2.68. The predicted octanol–water partition coefficient (Wildman–Crippen LogP) is 0.463. The molecule has 0 amide bonds. The third-order valence-corrected chi connectivity index (χ3v) is 1.78. The van der Waals surface area contributed by atoms with Gasteiger partial charge in [0.25, 0.3) is 0 Å². The van der Waals surface area contributed by atoms with E-state index in [4.69, 9.17) is 10.9 Å². The topological polar surface area (TPSA) is 61.8 Å². The van der Waals surface area contributed by atoms with Crippen LogP contribution in [-0.4, -0.2) is 35.6 Å². The molecular weight excluding hydrogens is 142 g/mol. The van der Waals surface area contributed by atoms with E-state index in [1.807, 2.05) is 18.9 Å². The quantitative estimate of drug-likeness (QED) is 0.271. The molecule has 0 radical (unpaired) electrons. The maximum Gasteiger partial charge on any atom is 0.156 e. The molecule has 4 nitrogen and oxygen atoms in total. The third kappa shape index (κ3) is 3.23. The van der Waals surface area contributed by atoms with Gasteiger partial charge in [-0.2, -0.15) is 0 Å². The lowest BCUT2D eigenvalue weighted by Crippen LogP contribution is -2.40. The Labute approximate surface area is 67.7 Å². The van der Waals surface area contributed by atoms with E-state index in [9.17, 15) is 0 Å². The van der Waals surface area contributed by atoms with Crippen molar-refractivity contribution < 1.29 is 5.21 Å². The van der Waals surface area contributed by atoms with E-state index in [-0.39, 0.29) is 11.9 Å². The van der Waals surface area contributed by atoms with Crippen molar-refractivity contribution in [3.63, 3.8) is 0 Å². The van der Waals surface area contributed by atoms with Crippen LogP contribution < -0.4 is 5.73 Å². The molecule has 11 heavy (non-hydrogen) atoms. The van der Waals surface area contributed by atoms with Crippen molar-refractivity contribution in [2.45, 2.75) is 26.3 Å². The highest BCUT2D eigenvalue weighted by Crippen LogP contribution is 1.96. The van der Waals surface area contributed by atoms with Gasteiger partial charge in [-0.25, -0.2) is 0 Å². The lowest BCUT2D eigenvalue weighted by molar-refractivity contribution is 0.284. The first-order chi connectivity index (χ1) is 5.13. The minimum atomic E-state index is 0.0138. The Balaban J connectivity index is 3.91. The van der Waals surface area contributed by atoms with Crippen molar-refractivity contribution in [3.8, 4) is 0 Å². The summed E-state index contributed by atoms with van der Waals surface area (Å²) < 4.78 is 0. The first kappa shape index (κ1) is 10.2. The SMILES string of the molecule is CCCN(C)C(C)C(N)=NO. The molecule has 1 atom stereocenters. The summed E-state index contributed by atoms with van der Waals surface area (Å²) in [5.74, 6) is 0.265. The van der Waals surface area contributed by atoms with Crippen molar-refractivity contribution in [2.75, 3.05) is 13.6 Å². The van der Waals surface area contributed by atoms with Crippen LogP contribution in [0.2, 0.25) is 0 Å². The van der Waals surface area contributed by atoms with Crippen molar-refractivity contribution >= 4 is 5.84 Å². The standard InChI is InChI=1S/C7H17N3O/c1-4-5-10(3)6(2)7(8)9-11/h6,11H,4-5H2,1-3H3,(H2,8,9). The van der Waals surface area contributed by atoms with Crippen molar-refractivity contribution in [3.05, 3.63) is 0 Å². The second kappa shape index (κ2) is 4.96. The minimum Gasteiger partial charge on any atom is -0.409 e. The zero-order valence-electron chi connectivity index (χ0n) is 7.41. The lowest BCUT2D eigenvalue weighted by Gasteiger charge is -2.22. The van der Waals surface area contributed by atoms with Crippen molar-refractivity contribution in [1.82, 2.24) is 4.90 Å². The Morgan fingerprint density at radius 1 is 1.73 bits per heavy atom. The third-order valence-electron chi connectivity index (χ3n) is 1.78. The first-order valence-electron chi connectivity index (χ1n) is 3.81. The van der Waals surface area contributed by atoms with E-state index >= 15 is 0 Å². The van der Waals surface area contributed by atoms with Crippen molar-refractivity contribution in [2.24, 2.45) is 10.9 Å². The average Bonchev–Trinajstić information content (AvgIpc) is 2.02. The maximum absolute atomic E-state index is 8.36. The zero-order chi connectivity index (χ0) is 8.85. The van der Waals surface area contributed by atoms with Gasteiger partial charge in [0.15, 0.2) is 5.84 Å². The summed E-state index contributed by atoms with van der Waals surface area (Å²) in [6.07, 6.45) is 1.07. The van der Waals surface area contributed by atoms with Gasteiger partial charge in [0.05, 0.1) is 6.04 Å². The van der Waals surface area contributed by atoms with Gasteiger partial charge in [-0.15, -0.1) is 0 Å². The molecule has 0 saturated heterocycles. The summed E-state index contributed by atoms with van der Waals surface area (Å²) in [6, 6.07) is 0.0138. The second-order valence-corrected chi connectivity index (χ2v) is 2.68. The van der Waals surface area contributed by atoms with Gasteiger partial charge in [-0.3, -0.25) is 4.90 Å². The molecule has 66 valence electrons. The Morgan fingerprint density at radius 3 is 2.64 bits per heavy atom. The van der Waals surface area contributed by atoms with Gasteiger partial charge in [0.2, 0.25) is 0 Å². The van der Waals surface area contributed by atoms with Crippen LogP contribution >= 0.6 is 0 Å². The van der Waals surface area contributed by atoms with E-state index < -0.39 is 0 Å². The fourth-order valence-electron chi connectivity index (χ4n) is 0.856. The minimum absolute atomic E-state index is 0.0138. The molecule has 0 fully saturated rings. The molecule has 0 saturated carbocycles. The van der Waals surface area contributed by atoms with Crippen LogP contribution in [0.3, 0.4) is 0 Å². The largest absolute Gasteiger partial charge is 0.409 e. The smallest absolute Gasteiger partial charge is 0.156 e. The summed E-state index contributed by atoms with van der Waals surface area (Å²) in [7, 11) is 1.95. The Bertz CT molecular complexity index is 136.